The van der Waals surface area contributed by atoms with Crippen molar-refractivity contribution in [3.8, 4) is 6.01 Å². The Morgan fingerprint density at radius 1 is 1.19 bits per heavy atom. The zero-order chi connectivity index (χ0) is 22.4. The van der Waals surface area contributed by atoms with Crippen molar-refractivity contribution in [2.75, 3.05) is 64.9 Å². The number of aryl methyl sites for hydroxylation is 1. The quantitative estimate of drug-likeness (QED) is 0.619. The van der Waals surface area contributed by atoms with Gasteiger partial charge in [-0.05, 0) is 20.4 Å². The fraction of sp³-hybridized carbons (Fsp3) is 0.714. The van der Waals surface area contributed by atoms with Crippen LogP contribution in [0.25, 0.3) is 0 Å². The number of nitrogens with zero attached hydrogens (tertiary/aromatic N) is 6. The topological polar surface area (TPSA) is 101 Å². The first kappa shape index (κ1) is 21.2. The van der Waals surface area contributed by atoms with E-state index >= 15 is 0 Å². The lowest BCUT2D eigenvalue weighted by molar-refractivity contribution is -0.147. The predicted molar refractivity (Wildman–Crippen MR) is 114 cm³/mol. The van der Waals surface area contributed by atoms with Gasteiger partial charge in [-0.3, -0.25) is 9.69 Å². The van der Waals surface area contributed by atoms with Gasteiger partial charge in [-0.1, -0.05) is 0 Å². The second-order valence-electron chi connectivity index (χ2n) is 9.00. The number of likely N-dealkylation sites (tertiary alicyclic amines) is 1. The molecule has 0 saturated carbocycles. The van der Waals surface area contributed by atoms with Gasteiger partial charge in [0.1, 0.15) is 18.0 Å². The Morgan fingerprint density at radius 3 is 2.81 bits per heavy atom. The summed E-state index contributed by atoms with van der Waals surface area (Å²) in [4.78, 5) is 42.3. The van der Waals surface area contributed by atoms with Gasteiger partial charge >= 0.3 is 12.1 Å². The van der Waals surface area contributed by atoms with Crippen LogP contribution in [-0.2, 0) is 14.3 Å². The van der Waals surface area contributed by atoms with Crippen LogP contribution in [0.5, 0.6) is 6.01 Å². The van der Waals surface area contributed by atoms with Crippen molar-refractivity contribution >= 4 is 17.8 Å². The van der Waals surface area contributed by atoms with Crippen LogP contribution >= 0.6 is 0 Å². The number of aromatic nitrogens is 2. The van der Waals surface area contributed by atoms with Gasteiger partial charge in [0.05, 0.1) is 32.3 Å². The highest BCUT2D eigenvalue weighted by Gasteiger charge is 2.52. The molecule has 0 radical (unpaired) electrons. The second-order valence-corrected chi connectivity index (χ2v) is 9.00. The summed E-state index contributed by atoms with van der Waals surface area (Å²) in [6, 6.07) is 2.11. The first-order valence-electron chi connectivity index (χ1n) is 11.2. The highest BCUT2D eigenvalue weighted by Crippen LogP contribution is 2.34. The van der Waals surface area contributed by atoms with E-state index in [-0.39, 0.29) is 30.2 Å². The maximum atomic E-state index is 13.0. The third kappa shape index (κ3) is 3.83. The van der Waals surface area contributed by atoms with Crippen LogP contribution in [0.2, 0.25) is 0 Å². The Kier molecular flexibility index (Phi) is 5.54. The van der Waals surface area contributed by atoms with E-state index in [1.165, 1.54) is 0 Å². The first-order valence-corrected chi connectivity index (χ1v) is 11.2. The van der Waals surface area contributed by atoms with Crippen molar-refractivity contribution in [1.29, 1.82) is 0 Å². The summed E-state index contributed by atoms with van der Waals surface area (Å²) < 4.78 is 16.6. The summed E-state index contributed by atoms with van der Waals surface area (Å²) in [5.74, 6) is 0.779. The molecule has 2 unspecified atom stereocenters. The summed E-state index contributed by atoms with van der Waals surface area (Å²) in [6.45, 7) is 6.24. The zero-order valence-electron chi connectivity index (χ0n) is 18.8. The Hall–Kier alpha value is -2.66. The molecule has 174 valence electrons. The van der Waals surface area contributed by atoms with Gasteiger partial charge < -0.3 is 28.9 Å². The van der Waals surface area contributed by atoms with Crippen LogP contribution < -0.4 is 9.64 Å². The number of fused-ring (bicyclic) bond motifs is 1. The first-order chi connectivity index (χ1) is 15.4. The molecule has 0 bridgehead atoms. The Balaban J connectivity index is 1.25. The molecule has 32 heavy (non-hydrogen) atoms. The molecule has 4 aliphatic rings. The van der Waals surface area contributed by atoms with Crippen LogP contribution in [0, 0.1) is 6.92 Å². The minimum absolute atomic E-state index is 0.0137. The minimum Gasteiger partial charge on any atom is -0.467 e. The van der Waals surface area contributed by atoms with Gasteiger partial charge in [-0.2, -0.15) is 4.98 Å². The molecular weight excluding hydrogens is 416 g/mol. The number of amides is 2. The van der Waals surface area contributed by atoms with E-state index in [2.05, 4.69) is 19.8 Å². The van der Waals surface area contributed by atoms with E-state index < -0.39 is 6.10 Å². The lowest BCUT2D eigenvalue weighted by Crippen LogP contribution is -2.51. The third-order valence-corrected chi connectivity index (χ3v) is 6.80. The molecule has 5 heterocycles. The predicted octanol–water partition coefficient (Wildman–Crippen LogP) is -0.265. The minimum atomic E-state index is -0.427. The zero-order valence-corrected chi connectivity index (χ0v) is 18.8. The van der Waals surface area contributed by atoms with E-state index in [4.69, 9.17) is 14.2 Å². The fourth-order valence-electron chi connectivity index (χ4n) is 5.15. The standard InChI is InChI=1S/C21H30N6O5/c1-13-8-18(23-20(22-13)30-3)26-10-15-16(12-26)32-21(29)27(15)14-4-5-25(9-14)19(28)17-11-24(2)6-7-31-17/h8,14-17H,4-7,9-12H2,1-3H3/t14?,15-,16+,17?/m1/s1. The van der Waals surface area contributed by atoms with Crippen LogP contribution in [-0.4, -0.2) is 121 Å². The number of methoxy groups -OCH3 is 1. The summed E-state index contributed by atoms with van der Waals surface area (Å²) in [7, 11) is 3.54. The molecule has 0 N–H and O–H groups in total. The Bertz CT molecular complexity index is 899. The van der Waals surface area contributed by atoms with Crippen LogP contribution in [0.15, 0.2) is 6.07 Å². The van der Waals surface area contributed by atoms with Crippen molar-refractivity contribution in [2.24, 2.45) is 0 Å². The largest absolute Gasteiger partial charge is 0.467 e. The molecule has 0 aromatic carbocycles. The molecule has 0 spiro atoms. The third-order valence-electron chi connectivity index (χ3n) is 6.80. The number of morpholine rings is 1. The van der Waals surface area contributed by atoms with Gasteiger partial charge in [0.2, 0.25) is 0 Å². The normalized spacial score (nSPS) is 30.6. The molecule has 1 aromatic heterocycles. The molecule has 4 saturated heterocycles. The van der Waals surface area contributed by atoms with Crippen molar-refractivity contribution in [2.45, 2.75) is 37.6 Å². The van der Waals surface area contributed by atoms with E-state index in [1.807, 2.05) is 29.8 Å². The van der Waals surface area contributed by atoms with Crippen molar-refractivity contribution in [3.63, 3.8) is 0 Å². The van der Waals surface area contributed by atoms with Gasteiger partial charge in [0.25, 0.3) is 5.91 Å². The summed E-state index contributed by atoms with van der Waals surface area (Å²) in [5, 5.41) is 0. The van der Waals surface area contributed by atoms with E-state index in [9.17, 15) is 9.59 Å². The van der Waals surface area contributed by atoms with Crippen molar-refractivity contribution < 1.29 is 23.8 Å². The smallest absolute Gasteiger partial charge is 0.410 e. The van der Waals surface area contributed by atoms with Gasteiger partial charge in [0.15, 0.2) is 0 Å². The SMILES string of the molecule is COc1nc(C)cc(N2C[C@@H]3OC(=O)N(C4CCN(C(=O)C5CN(C)CCO5)C4)[C@@H]3C2)n1. The molecule has 4 fully saturated rings. The van der Waals surface area contributed by atoms with Gasteiger partial charge in [-0.25, -0.2) is 9.78 Å². The lowest BCUT2D eigenvalue weighted by atomic mass is 10.1. The van der Waals surface area contributed by atoms with E-state index in [0.717, 1.165) is 24.5 Å². The van der Waals surface area contributed by atoms with Crippen molar-refractivity contribution in [1.82, 2.24) is 24.7 Å². The van der Waals surface area contributed by atoms with Gasteiger partial charge in [0, 0.05) is 44.5 Å². The molecule has 11 nitrogen and oxygen atoms in total. The molecule has 4 atom stereocenters. The molecule has 0 aliphatic carbocycles. The molecule has 1 aromatic rings. The number of carbonyl (C=O) groups excluding carboxylic acids is 2. The number of hydrogen-bond donors (Lipinski definition) is 0. The molecule has 4 aliphatic heterocycles. The molecule has 5 rings (SSSR count). The highest BCUT2D eigenvalue weighted by atomic mass is 16.6. The number of carbonyl (C=O) groups is 2. The number of ether oxygens (including phenoxy) is 3. The van der Waals surface area contributed by atoms with Gasteiger partial charge in [-0.15, -0.1) is 0 Å². The Morgan fingerprint density at radius 2 is 2.03 bits per heavy atom. The number of anilines is 1. The lowest BCUT2D eigenvalue weighted by Gasteiger charge is -2.32. The highest BCUT2D eigenvalue weighted by molar-refractivity contribution is 5.82. The summed E-state index contributed by atoms with van der Waals surface area (Å²) >= 11 is 0. The second kappa shape index (κ2) is 8.36. The molecular formula is C21H30N6O5. The fourth-order valence-corrected chi connectivity index (χ4v) is 5.15. The molecule has 11 heteroatoms. The van der Waals surface area contributed by atoms with E-state index in [1.54, 1.807) is 7.11 Å². The maximum absolute atomic E-state index is 13.0. The number of likely N-dealkylation sites (N-methyl/N-ethyl adjacent to an activating group) is 1. The average molecular weight is 447 g/mol. The van der Waals surface area contributed by atoms with Crippen LogP contribution in [0.3, 0.4) is 0 Å². The van der Waals surface area contributed by atoms with Crippen molar-refractivity contribution in [3.05, 3.63) is 11.8 Å². The average Bonchev–Trinajstić information content (AvgIpc) is 3.47. The number of rotatable bonds is 4. The Labute approximate surface area is 187 Å². The molecule has 2 amide bonds. The van der Waals surface area contributed by atoms with Crippen LogP contribution in [0.1, 0.15) is 12.1 Å². The number of hydrogen-bond acceptors (Lipinski definition) is 9. The maximum Gasteiger partial charge on any atom is 0.410 e. The van der Waals surface area contributed by atoms with E-state index in [0.29, 0.717) is 45.3 Å². The van der Waals surface area contributed by atoms with Crippen LogP contribution in [0.4, 0.5) is 10.6 Å². The monoisotopic (exact) mass is 446 g/mol. The summed E-state index contributed by atoms with van der Waals surface area (Å²) in [5.41, 5.74) is 0.818. The summed E-state index contributed by atoms with van der Waals surface area (Å²) in [6.07, 6.45) is -0.191.